The zero-order valence-electron chi connectivity index (χ0n) is 11.0. The van der Waals surface area contributed by atoms with Gasteiger partial charge in [-0.05, 0) is 0 Å². The van der Waals surface area contributed by atoms with Crippen LogP contribution in [0.3, 0.4) is 0 Å². The van der Waals surface area contributed by atoms with Crippen molar-refractivity contribution in [2.45, 2.75) is 42.5 Å². The van der Waals surface area contributed by atoms with Crippen molar-refractivity contribution in [2.24, 2.45) is 0 Å². The van der Waals surface area contributed by atoms with Crippen LogP contribution in [0.2, 0.25) is 0 Å². The zero-order valence-corrected chi connectivity index (χ0v) is 11.0. The average Bonchev–Trinajstić information content (AvgIpc) is 2.16. The molecule has 3 amide bonds. The Morgan fingerprint density at radius 2 is 1.05 bits per heavy atom. The zero-order chi connectivity index (χ0) is 14.6. The van der Waals surface area contributed by atoms with Crippen LogP contribution in [0.1, 0.15) is 42.5 Å². The molecule has 0 saturated carbocycles. The van der Waals surface area contributed by atoms with Crippen molar-refractivity contribution in [1.82, 2.24) is 10.2 Å². The van der Waals surface area contributed by atoms with Gasteiger partial charge < -0.3 is 10.4 Å². The average molecular weight is 280 g/mol. The monoisotopic (exact) mass is 280 g/mol. The van der Waals surface area contributed by atoms with Crippen LogP contribution in [-0.4, -0.2) is 47.8 Å². The third-order valence-electron chi connectivity index (χ3n) is 1.30. The smallest absolute Gasteiger partial charge is 0.300 e. The third kappa shape index (κ3) is 48.8. The summed E-state index contributed by atoms with van der Waals surface area (Å²) in [6.45, 7) is 5.25. The van der Waals surface area contributed by atoms with Gasteiger partial charge in [0.05, 0.1) is 0 Å². The van der Waals surface area contributed by atoms with Gasteiger partial charge in [0, 0.05) is 41.8 Å². The summed E-state index contributed by atoms with van der Waals surface area (Å²) in [6, 6.07) is 0. The summed E-state index contributed by atoms with van der Waals surface area (Å²) in [5.41, 5.74) is 0. The third-order valence-corrected chi connectivity index (χ3v) is 1.30. The maximum Gasteiger partial charge on any atom is 0.300 e. The molecule has 0 spiro atoms. The second-order valence-corrected chi connectivity index (χ2v) is 2.92. The Balaban J connectivity index is -0.0000000524. The lowest BCUT2D eigenvalue weighted by Crippen LogP contribution is -2.28. The van der Waals surface area contributed by atoms with Crippen LogP contribution in [0.15, 0.2) is 0 Å². The number of nitrogens with zero attached hydrogens (tertiary/aromatic N) is 1. The molecule has 0 heterocycles. The van der Waals surface area contributed by atoms with Crippen molar-refractivity contribution in [3.63, 3.8) is 0 Å². The van der Waals surface area contributed by atoms with Crippen molar-refractivity contribution >= 4 is 23.7 Å². The number of aliphatic carboxylic acids is 1. The fourth-order valence-corrected chi connectivity index (χ4v) is 0.222. The second-order valence-electron chi connectivity index (χ2n) is 2.92. The van der Waals surface area contributed by atoms with E-state index in [0.29, 0.717) is 0 Å². The first-order valence-electron chi connectivity index (χ1n) is 4.68. The van der Waals surface area contributed by atoms with Crippen LogP contribution in [-0.2, 0) is 19.2 Å². The normalized spacial score (nSPS) is 6.63. The summed E-state index contributed by atoms with van der Waals surface area (Å²) in [7, 11) is 3.05. The van der Waals surface area contributed by atoms with E-state index in [9.17, 15) is 14.4 Å². The predicted octanol–water partition coefficient (Wildman–Crippen LogP) is 1.13. The number of carbonyl (C=O) groups is 4. The topological polar surface area (TPSA) is 104 Å². The van der Waals surface area contributed by atoms with E-state index in [1.54, 1.807) is 7.05 Å². The number of hydrogen-bond acceptors (Lipinski definition) is 4. The highest BCUT2D eigenvalue weighted by atomic mass is 16.4. The number of hydrogen-bond donors (Lipinski definition) is 2. The molecule has 0 aliphatic carbocycles. The van der Waals surface area contributed by atoms with E-state index in [1.807, 2.05) is 0 Å². The molecule has 0 aliphatic heterocycles. The summed E-state index contributed by atoms with van der Waals surface area (Å²) in [5.74, 6) is -1.28. The Morgan fingerprint density at radius 1 is 0.895 bits per heavy atom. The fraction of sp³-hybridized carbons (Fsp3) is 0.667. The molecular formula is C12H28N2O5. The Bertz CT molecular complexity index is 259. The molecule has 0 aromatic rings. The molecule has 0 unspecified atom stereocenters. The highest BCUT2D eigenvalue weighted by Crippen LogP contribution is 1.81. The molecule has 2 N–H and O–H groups in total. The van der Waals surface area contributed by atoms with Crippen LogP contribution in [0.25, 0.3) is 0 Å². The Hall–Kier alpha value is -1.92. The summed E-state index contributed by atoms with van der Waals surface area (Å²) in [6.07, 6.45) is 0. The Morgan fingerprint density at radius 3 is 1.05 bits per heavy atom. The lowest BCUT2D eigenvalue weighted by Gasteiger charge is -2.07. The first-order valence-corrected chi connectivity index (χ1v) is 4.68. The van der Waals surface area contributed by atoms with Gasteiger partial charge in [0.1, 0.15) is 0 Å². The van der Waals surface area contributed by atoms with Crippen molar-refractivity contribution in [3.8, 4) is 0 Å². The Labute approximate surface area is 116 Å². The number of amides is 3. The number of carboxylic acid groups (broad SMARTS) is 1. The number of nitrogens with one attached hydrogen (secondary N) is 1. The number of carbonyl (C=O) groups excluding carboxylic acids is 3. The molecule has 0 rings (SSSR count). The van der Waals surface area contributed by atoms with Gasteiger partial charge in [0.15, 0.2) is 0 Å². The number of rotatable bonds is 0. The molecule has 19 heavy (non-hydrogen) atoms. The minimum Gasteiger partial charge on any atom is -0.481 e. The van der Waals surface area contributed by atoms with Crippen LogP contribution in [0.5, 0.6) is 0 Å². The molecule has 0 atom stereocenters. The van der Waals surface area contributed by atoms with Crippen molar-refractivity contribution in [2.75, 3.05) is 14.1 Å². The van der Waals surface area contributed by atoms with E-state index < -0.39 is 5.97 Å². The van der Waals surface area contributed by atoms with Crippen molar-refractivity contribution < 1.29 is 24.3 Å². The van der Waals surface area contributed by atoms with Gasteiger partial charge >= 0.3 is 0 Å². The molecule has 0 aromatic carbocycles. The van der Waals surface area contributed by atoms with Crippen molar-refractivity contribution in [1.29, 1.82) is 0 Å². The Kier molecular flexibility index (Phi) is 29.4. The van der Waals surface area contributed by atoms with Crippen LogP contribution >= 0.6 is 0 Å². The van der Waals surface area contributed by atoms with Gasteiger partial charge in [-0.25, -0.2) is 0 Å². The van der Waals surface area contributed by atoms with Crippen LogP contribution < -0.4 is 5.32 Å². The lowest BCUT2D eigenvalue weighted by atomic mass is 10.5. The SMILES string of the molecule is C.C.CC(=O)N(C)C(C)=O.CC(=O)O.CNC(C)=O. The van der Waals surface area contributed by atoms with Crippen LogP contribution in [0, 0.1) is 0 Å². The highest BCUT2D eigenvalue weighted by molar-refractivity contribution is 5.92. The standard InChI is InChI=1S/C5H9NO2.C3H7NO.C2H4O2.2CH4/c1-4(7)6(3)5(2)8;1-3(5)4-2;1-2(3)4;;/h1-3H3;1-2H3,(H,4,5);1H3,(H,3,4);2*1H4. The molecule has 0 bridgehead atoms. The van der Waals surface area contributed by atoms with E-state index in [1.165, 1.54) is 27.8 Å². The minimum absolute atomic E-state index is 0. The number of carboxylic acids is 1. The summed E-state index contributed by atoms with van der Waals surface area (Å²) in [4.78, 5) is 40.3. The van der Waals surface area contributed by atoms with Gasteiger partial charge in [-0.1, -0.05) is 14.9 Å². The van der Waals surface area contributed by atoms with Gasteiger partial charge in [-0.2, -0.15) is 0 Å². The first kappa shape index (κ1) is 30.3. The first-order chi connectivity index (χ1) is 7.56. The number of imide groups is 1. The summed E-state index contributed by atoms with van der Waals surface area (Å²) in [5, 5.41) is 9.81. The maximum atomic E-state index is 10.3. The largest absolute Gasteiger partial charge is 0.481 e. The van der Waals surface area contributed by atoms with E-state index in [0.717, 1.165) is 11.8 Å². The fourth-order valence-electron chi connectivity index (χ4n) is 0.222. The van der Waals surface area contributed by atoms with Gasteiger partial charge in [0.2, 0.25) is 17.7 Å². The predicted molar refractivity (Wildman–Crippen MR) is 75.6 cm³/mol. The van der Waals surface area contributed by atoms with E-state index in [4.69, 9.17) is 9.90 Å². The molecule has 116 valence electrons. The van der Waals surface area contributed by atoms with Gasteiger partial charge in [0.25, 0.3) is 5.97 Å². The van der Waals surface area contributed by atoms with E-state index in [-0.39, 0.29) is 32.6 Å². The summed E-state index contributed by atoms with van der Waals surface area (Å²) >= 11 is 0. The van der Waals surface area contributed by atoms with Gasteiger partial charge in [-0.3, -0.25) is 24.1 Å². The second kappa shape index (κ2) is 18.4. The van der Waals surface area contributed by atoms with Gasteiger partial charge in [-0.15, -0.1) is 0 Å². The van der Waals surface area contributed by atoms with E-state index in [2.05, 4.69) is 5.32 Å². The molecule has 7 heteroatoms. The van der Waals surface area contributed by atoms with Crippen molar-refractivity contribution in [3.05, 3.63) is 0 Å². The molecule has 0 aliphatic rings. The maximum absolute atomic E-state index is 10.3. The lowest BCUT2D eigenvalue weighted by molar-refractivity contribution is -0.140. The highest BCUT2D eigenvalue weighted by Gasteiger charge is 2.04. The molecule has 0 fully saturated rings. The molecule has 7 nitrogen and oxygen atoms in total. The van der Waals surface area contributed by atoms with E-state index >= 15 is 0 Å². The van der Waals surface area contributed by atoms with Crippen LogP contribution in [0.4, 0.5) is 0 Å². The molecular weight excluding hydrogens is 252 g/mol. The molecule has 0 saturated heterocycles. The molecule has 0 radical (unpaired) electrons. The minimum atomic E-state index is -0.833. The molecule has 0 aromatic heterocycles. The summed E-state index contributed by atoms with van der Waals surface area (Å²) < 4.78 is 0. The quantitative estimate of drug-likeness (QED) is 0.692.